The molecule has 0 radical (unpaired) electrons. The lowest BCUT2D eigenvalue weighted by Gasteiger charge is -2.28. The Morgan fingerprint density at radius 2 is 1.83 bits per heavy atom. The minimum Gasteiger partial charge on any atom is -0.404 e. The summed E-state index contributed by atoms with van der Waals surface area (Å²) in [5.74, 6) is -0.377. The van der Waals surface area contributed by atoms with Crippen LogP contribution in [0.3, 0.4) is 0 Å². The van der Waals surface area contributed by atoms with Crippen LogP contribution in [-0.2, 0) is 4.79 Å². The first-order chi connectivity index (χ1) is 10.9. The van der Waals surface area contributed by atoms with Crippen LogP contribution in [0.25, 0.3) is 0 Å². The quantitative estimate of drug-likeness (QED) is 0.852. The Morgan fingerprint density at radius 3 is 2.46 bits per heavy atom. The van der Waals surface area contributed by atoms with E-state index in [1.807, 2.05) is 0 Å². The summed E-state index contributed by atoms with van der Waals surface area (Å²) in [4.78, 5) is 12.2. The Bertz CT molecular complexity index is 571. The zero-order chi connectivity index (χ0) is 16.4. The third-order valence-electron chi connectivity index (χ3n) is 4.43. The average molecular weight is 365 g/mol. The summed E-state index contributed by atoms with van der Waals surface area (Å²) in [6.45, 7) is 0. The second-order valence-corrected chi connectivity index (χ2v) is 6.27. The van der Waals surface area contributed by atoms with Gasteiger partial charge in [-0.1, -0.05) is 12.1 Å². The van der Waals surface area contributed by atoms with Gasteiger partial charge in [0.1, 0.15) is 0 Å². The number of nitrogens with one attached hydrogen (secondary N) is 2. The molecule has 8 heteroatoms. The number of fused-ring (bicyclic) bond motifs is 2. The van der Waals surface area contributed by atoms with Crippen LogP contribution >= 0.6 is 12.4 Å². The van der Waals surface area contributed by atoms with Crippen LogP contribution in [0.4, 0.5) is 18.9 Å². The van der Waals surface area contributed by atoms with Crippen LogP contribution in [0, 0.1) is 5.92 Å². The smallest absolute Gasteiger partial charge is 0.404 e. The molecule has 1 aromatic rings. The van der Waals surface area contributed by atoms with Gasteiger partial charge in [-0.05, 0) is 43.7 Å². The lowest BCUT2D eigenvalue weighted by atomic mass is 9.89. The molecule has 0 aromatic heterocycles. The molecule has 2 saturated heterocycles. The summed E-state index contributed by atoms with van der Waals surface area (Å²) in [6, 6.07) is 6.55. The first-order valence-electron chi connectivity index (χ1n) is 7.80. The van der Waals surface area contributed by atoms with Crippen molar-refractivity contribution in [2.45, 2.75) is 50.6 Å². The molecule has 2 bridgehead atoms. The molecule has 1 amide bonds. The van der Waals surface area contributed by atoms with Gasteiger partial charge in [-0.2, -0.15) is 0 Å². The molecule has 2 N–H and O–H groups in total. The Hall–Kier alpha value is -1.47. The van der Waals surface area contributed by atoms with Crippen LogP contribution in [0.5, 0.6) is 5.75 Å². The van der Waals surface area contributed by atoms with Gasteiger partial charge in [0.25, 0.3) is 0 Å². The number of carbonyl (C=O) groups excluding carboxylic acids is 1. The second kappa shape index (κ2) is 7.61. The van der Waals surface area contributed by atoms with Crippen molar-refractivity contribution in [3.63, 3.8) is 0 Å². The molecular weight excluding hydrogens is 345 g/mol. The summed E-state index contributed by atoms with van der Waals surface area (Å²) < 4.78 is 41.1. The molecule has 1 aromatic carbocycles. The molecule has 24 heavy (non-hydrogen) atoms. The lowest BCUT2D eigenvalue weighted by Crippen LogP contribution is -2.39. The van der Waals surface area contributed by atoms with E-state index in [1.54, 1.807) is 6.07 Å². The number of para-hydroxylation sites is 2. The number of ether oxygens (including phenoxy) is 1. The van der Waals surface area contributed by atoms with Gasteiger partial charge in [-0.25, -0.2) is 0 Å². The van der Waals surface area contributed by atoms with Gasteiger partial charge in [0.15, 0.2) is 5.75 Å². The monoisotopic (exact) mass is 364 g/mol. The number of anilines is 1. The summed E-state index contributed by atoms with van der Waals surface area (Å²) >= 11 is 0. The predicted octanol–water partition coefficient (Wildman–Crippen LogP) is 3.87. The summed E-state index contributed by atoms with van der Waals surface area (Å²) in [7, 11) is 0. The van der Waals surface area contributed by atoms with E-state index in [0.717, 1.165) is 25.7 Å². The molecule has 2 aliphatic rings. The molecule has 2 unspecified atom stereocenters. The fraction of sp³-hybridized carbons (Fsp3) is 0.562. The molecular formula is C16H20ClF3N2O2. The number of amides is 1. The van der Waals surface area contributed by atoms with Gasteiger partial charge in [0.2, 0.25) is 5.91 Å². The maximum Gasteiger partial charge on any atom is 0.573 e. The van der Waals surface area contributed by atoms with Crippen molar-refractivity contribution in [2.24, 2.45) is 5.92 Å². The summed E-state index contributed by atoms with van der Waals surface area (Å²) in [5.41, 5.74) is 0.0479. The van der Waals surface area contributed by atoms with Crippen molar-refractivity contribution in [1.29, 1.82) is 0 Å². The van der Waals surface area contributed by atoms with Crippen molar-refractivity contribution in [3.8, 4) is 5.75 Å². The van der Waals surface area contributed by atoms with Crippen molar-refractivity contribution >= 4 is 24.0 Å². The van der Waals surface area contributed by atoms with E-state index in [0.29, 0.717) is 18.5 Å². The van der Waals surface area contributed by atoms with E-state index in [1.165, 1.54) is 18.2 Å². The van der Waals surface area contributed by atoms with Gasteiger partial charge in [-0.15, -0.1) is 25.6 Å². The van der Waals surface area contributed by atoms with Gasteiger partial charge in [0.05, 0.1) is 5.69 Å². The highest BCUT2D eigenvalue weighted by Gasteiger charge is 2.35. The van der Waals surface area contributed by atoms with E-state index in [4.69, 9.17) is 0 Å². The van der Waals surface area contributed by atoms with Crippen molar-refractivity contribution < 1.29 is 22.7 Å². The Morgan fingerprint density at radius 1 is 1.21 bits per heavy atom. The minimum absolute atomic E-state index is 0. The van der Waals surface area contributed by atoms with Gasteiger partial charge >= 0.3 is 6.36 Å². The molecule has 2 heterocycles. The number of benzene rings is 1. The Kier molecular flexibility index (Phi) is 5.98. The number of piperidine rings is 1. The summed E-state index contributed by atoms with van der Waals surface area (Å²) in [5, 5.41) is 6.05. The molecule has 4 nitrogen and oxygen atoms in total. The highest BCUT2D eigenvalue weighted by atomic mass is 35.5. The van der Waals surface area contributed by atoms with Crippen molar-refractivity contribution in [2.75, 3.05) is 5.32 Å². The molecule has 0 saturated carbocycles. The highest BCUT2D eigenvalue weighted by Crippen LogP contribution is 2.34. The van der Waals surface area contributed by atoms with Crippen LogP contribution < -0.4 is 15.4 Å². The van der Waals surface area contributed by atoms with E-state index in [9.17, 15) is 18.0 Å². The van der Waals surface area contributed by atoms with E-state index in [2.05, 4.69) is 15.4 Å². The fourth-order valence-electron chi connectivity index (χ4n) is 3.59. The lowest BCUT2D eigenvalue weighted by molar-refractivity contribution is -0.274. The normalized spacial score (nSPS) is 25.7. The zero-order valence-electron chi connectivity index (χ0n) is 12.9. The molecule has 2 atom stereocenters. The third kappa shape index (κ3) is 5.01. The van der Waals surface area contributed by atoms with Crippen LogP contribution in [0.1, 0.15) is 32.1 Å². The molecule has 3 rings (SSSR count). The van der Waals surface area contributed by atoms with Gasteiger partial charge in [0, 0.05) is 18.5 Å². The van der Waals surface area contributed by atoms with Crippen molar-refractivity contribution in [3.05, 3.63) is 24.3 Å². The Balaban J connectivity index is 0.00000208. The van der Waals surface area contributed by atoms with Crippen LogP contribution in [-0.4, -0.2) is 24.4 Å². The first kappa shape index (κ1) is 18.9. The molecule has 0 spiro atoms. The van der Waals surface area contributed by atoms with E-state index >= 15 is 0 Å². The SMILES string of the molecule is Cl.O=C(CC1CC2CCC(C1)N2)Nc1ccccc1OC(F)(F)F. The van der Waals surface area contributed by atoms with Crippen LogP contribution in [0.2, 0.25) is 0 Å². The fourth-order valence-corrected chi connectivity index (χ4v) is 3.59. The maximum absolute atomic E-state index is 12.4. The number of hydrogen-bond acceptors (Lipinski definition) is 3. The van der Waals surface area contributed by atoms with Crippen molar-refractivity contribution in [1.82, 2.24) is 5.32 Å². The summed E-state index contributed by atoms with van der Waals surface area (Å²) in [6.07, 6.45) is -0.268. The minimum atomic E-state index is -4.78. The van der Waals surface area contributed by atoms with Crippen LogP contribution in [0.15, 0.2) is 24.3 Å². The molecule has 134 valence electrons. The second-order valence-electron chi connectivity index (χ2n) is 6.27. The number of halogens is 4. The standard InChI is InChI=1S/C16H19F3N2O2.ClH/c17-16(18,19)23-14-4-2-1-3-13(14)21-15(22)9-10-7-11-5-6-12(8-10)20-11;/h1-4,10-12,20H,5-9H2,(H,21,22);1H. The van der Waals surface area contributed by atoms with E-state index in [-0.39, 0.29) is 29.9 Å². The largest absolute Gasteiger partial charge is 0.573 e. The molecule has 0 aliphatic carbocycles. The first-order valence-corrected chi connectivity index (χ1v) is 7.80. The topological polar surface area (TPSA) is 50.4 Å². The highest BCUT2D eigenvalue weighted by molar-refractivity contribution is 5.92. The number of hydrogen-bond donors (Lipinski definition) is 2. The molecule has 2 fully saturated rings. The number of alkyl halides is 3. The van der Waals surface area contributed by atoms with E-state index < -0.39 is 12.1 Å². The van der Waals surface area contributed by atoms with Gasteiger partial charge in [-0.3, -0.25) is 4.79 Å². The predicted molar refractivity (Wildman–Crippen MR) is 86.3 cm³/mol. The number of rotatable bonds is 4. The Labute approximate surface area is 144 Å². The molecule has 2 aliphatic heterocycles. The van der Waals surface area contributed by atoms with Gasteiger partial charge < -0.3 is 15.4 Å². The number of carbonyl (C=O) groups is 1. The zero-order valence-corrected chi connectivity index (χ0v) is 13.8. The average Bonchev–Trinajstić information content (AvgIpc) is 2.78. The maximum atomic E-state index is 12.4. The third-order valence-corrected chi connectivity index (χ3v) is 4.43.